The van der Waals surface area contributed by atoms with Crippen LogP contribution in [0, 0.1) is 0 Å². The molecule has 2 N–H and O–H groups in total. The fourth-order valence-electron chi connectivity index (χ4n) is 3.95. The molecule has 2 saturated heterocycles. The number of fused-ring (bicyclic) bond motifs is 3. The van der Waals surface area contributed by atoms with E-state index < -0.39 is 5.72 Å². The number of phenols is 1. The van der Waals surface area contributed by atoms with Crippen LogP contribution in [0.3, 0.4) is 0 Å². The molecule has 1 amide bonds. The molecule has 3 aliphatic heterocycles. The minimum absolute atomic E-state index is 0.106. The molecule has 0 spiro atoms. The summed E-state index contributed by atoms with van der Waals surface area (Å²) in [6.45, 7) is 3.08. The number of hydrogen-bond donors (Lipinski definition) is 2. The summed E-state index contributed by atoms with van der Waals surface area (Å²) in [6, 6.07) is 1.75. The van der Waals surface area contributed by atoms with Crippen molar-refractivity contribution < 1.29 is 19.4 Å². The number of benzene rings is 1. The van der Waals surface area contributed by atoms with Crippen molar-refractivity contribution in [3.63, 3.8) is 0 Å². The zero-order valence-corrected chi connectivity index (χ0v) is 16.2. The molecule has 3 heterocycles. The Bertz CT molecular complexity index is 693. The third kappa shape index (κ3) is 2.30. The molecule has 6 nitrogen and oxygen atoms in total. The third-order valence-corrected chi connectivity index (χ3v) is 6.45. The topological polar surface area (TPSA) is 71.0 Å². The second kappa shape index (κ2) is 6.16. The number of amides is 1. The monoisotopic (exact) mass is 460 g/mol. The van der Waals surface area contributed by atoms with Crippen molar-refractivity contribution in [2.75, 3.05) is 32.8 Å². The Morgan fingerprint density at radius 2 is 2.08 bits per heavy atom. The zero-order chi connectivity index (χ0) is 16.9. The summed E-state index contributed by atoms with van der Waals surface area (Å²) in [6.07, 6.45) is 1.68. The van der Waals surface area contributed by atoms with Crippen LogP contribution >= 0.6 is 31.9 Å². The van der Waals surface area contributed by atoms with Crippen molar-refractivity contribution in [1.82, 2.24) is 10.2 Å². The van der Waals surface area contributed by atoms with Crippen LogP contribution < -0.4 is 10.1 Å². The van der Waals surface area contributed by atoms with E-state index in [0.717, 1.165) is 18.4 Å². The van der Waals surface area contributed by atoms with Crippen LogP contribution in [0.4, 0.5) is 0 Å². The molecule has 0 aliphatic carbocycles. The molecule has 0 aromatic heterocycles. The zero-order valence-electron chi connectivity index (χ0n) is 13.0. The van der Waals surface area contributed by atoms with Crippen LogP contribution in [-0.4, -0.2) is 54.5 Å². The normalized spacial score (nSPS) is 30.1. The Morgan fingerprint density at radius 3 is 2.83 bits per heavy atom. The van der Waals surface area contributed by atoms with Gasteiger partial charge in [-0.2, -0.15) is 0 Å². The van der Waals surface area contributed by atoms with Gasteiger partial charge in [-0.15, -0.1) is 0 Å². The smallest absolute Gasteiger partial charge is 0.280 e. The van der Waals surface area contributed by atoms with Crippen LogP contribution in [0.2, 0.25) is 0 Å². The molecule has 130 valence electrons. The number of phenolic OH excluding ortho intramolecular Hbond substituents is 1. The van der Waals surface area contributed by atoms with Crippen molar-refractivity contribution in [2.45, 2.75) is 24.5 Å². The highest BCUT2D eigenvalue weighted by molar-refractivity contribution is 9.11. The number of hydrogen-bond acceptors (Lipinski definition) is 5. The highest BCUT2D eigenvalue weighted by Gasteiger charge is 2.59. The minimum atomic E-state index is -1.07. The molecule has 3 aliphatic rings. The Labute approximate surface area is 156 Å². The molecule has 0 unspecified atom stereocenters. The number of rotatable bonds is 1. The molecular formula is C16H18Br2N2O4. The van der Waals surface area contributed by atoms with Crippen molar-refractivity contribution in [2.24, 2.45) is 0 Å². The van der Waals surface area contributed by atoms with Gasteiger partial charge in [0.25, 0.3) is 5.91 Å². The van der Waals surface area contributed by atoms with Gasteiger partial charge >= 0.3 is 0 Å². The predicted molar refractivity (Wildman–Crippen MR) is 94.2 cm³/mol. The number of nitrogens with zero attached hydrogens (tertiary/aromatic N) is 1. The van der Waals surface area contributed by atoms with Gasteiger partial charge in [-0.05, 0) is 50.8 Å². The fourth-order valence-corrected chi connectivity index (χ4v) is 5.31. The Morgan fingerprint density at radius 1 is 1.33 bits per heavy atom. The maximum Gasteiger partial charge on any atom is 0.280 e. The number of halogens is 2. The minimum Gasteiger partial charge on any atom is -0.506 e. The first-order chi connectivity index (χ1) is 11.6. The van der Waals surface area contributed by atoms with E-state index in [2.05, 4.69) is 42.1 Å². The molecule has 0 saturated carbocycles. The van der Waals surface area contributed by atoms with Crippen molar-refractivity contribution in [3.8, 4) is 11.5 Å². The van der Waals surface area contributed by atoms with Crippen LogP contribution in [0.1, 0.15) is 24.3 Å². The number of nitrogens with one attached hydrogen (secondary N) is 1. The van der Waals surface area contributed by atoms with Gasteiger partial charge in [-0.25, -0.2) is 0 Å². The molecule has 0 bridgehead atoms. The largest absolute Gasteiger partial charge is 0.506 e. The van der Waals surface area contributed by atoms with E-state index in [9.17, 15) is 9.90 Å². The van der Waals surface area contributed by atoms with E-state index in [4.69, 9.17) is 9.47 Å². The molecule has 4 rings (SSSR count). The molecule has 1 aromatic rings. The first-order valence-corrected chi connectivity index (χ1v) is 9.65. The average Bonchev–Trinajstić information content (AvgIpc) is 2.83. The van der Waals surface area contributed by atoms with Crippen molar-refractivity contribution in [1.29, 1.82) is 0 Å². The molecular weight excluding hydrogens is 444 g/mol. The number of carbonyl (C=O) groups is 1. The van der Waals surface area contributed by atoms with Gasteiger partial charge in [-0.3, -0.25) is 9.69 Å². The van der Waals surface area contributed by atoms with Crippen LogP contribution in [0.15, 0.2) is 15.0 Å². The lowest BCUT2D eigenvalue weighted by Gasteiger charge is -2.43. The van der Waals surface area contributed by atoms with Crippen LogP contribution in [-0.2, 0) is 9.53 Å². The second-order valence-electron chi connectivity index (χ2n) is 6.28. The van der Waals surface area contributed by atoms with Crippen LogP contribution in [0.5, 0.6) is 11.5 Å². The molecule has 1 aromatic carbocycles. The van der Waals surface area contributed by atoms with E-state index in [1.54, 1.807) is 6.07 Å². The molecule has 2 fully saturated rings. The molecule has 24 heavy (non-hydrogen) atoms. The summed E-state index contributed by atoms with van der Waals surface area (Å²) in [4.78, 5) is 15.1. The van der Waals surface area contributed by atoms with E-state index in [0.29, 0.717) is 47.5 Å². The van der Waals surface area contributed by atoms with E-state index in [1.807, 2.05) is 0 Å². The average molecular weight is 462 g/mol. The lowest BCUT2D eigenvalue weighted by Crippen LogP contribution is -2.65. The molecule has 2 atom stereocenters. The van der Waals surface area contributed by atoms with E-state index >= 15 is 0 Å². The lowest BCUT2D eigenvalue weighted by atomic mass is 9.85. The Hall–Kier alpha value is -0.830. The fraction of sp³-hybridized carbons (Fsp3) is 0.562. The second-order valence-corrected chi connectivity index (χ2v) is 7.93. The third-order valence-electron chi connectivity index (χ3n) is 5.04. The number of carbonyl (C=O) groups excluding carboxylic acids is 1. The summed E-state index contributed by atoms with van der Waals surface area (Å²) in [5.41, 5.74) is -0.197. The van der Waals surface area contributed by atoms with Gasteiger partial charge < -0.3 is 19.9 Å². The van der Waals surface area contributed by atoms with Gasteiger partial charge in [0.15, 0.2) is 0 Å². The van der Waals surface area contributed by atoms with Gasteiger partial charge in [0, 0.05) is 25.2 Å². The number of morpholine rings is 1. The molecule has 0 radical (unpaired) electrons. The first-order valence-electron chi connectivity index (χ1n) is 8.06. The standard InChI is InChI=1S/C16H18Br2N2O4/c17-10-8-11-12(13(18)14(10)21)9-2-1-3-19-15(22)16(9,24-11)20-4-6-23-7-5-20/h8-9,21H,1-7H2,(H,19,22)/t9-,16+/m1/s1. The lowest BCUT2D eigenvalue weighted by molar-refractivity contribution is -0.165. The summed E-state index contributed by atoms with van der Waals surface area (Å²) in [5.74, 6) is 0.534. The van der Waals surface area contributed by atoms with Gasteiger partial charge in [0.05, 0.1) is 28.1 Å². The highest BCUT2D eigenvalue weighted by Crippen LogP contribution is 2.55. The SMILES string of the molecule is O=C1NCCC[C@@H]2c3c(cc(Br)c(O)c3Br)O[C@]12N1CCOCC1. The maximum atomic E-state index is 13.1. The first kappa shape index (κ1) is 16.6. The summed E-state index contributed by atoms with van der Waals surface area (Å²) < 4.78 is 12.9. The van der Waals surface area contributed by atoms with Gasteiger partial charge in [-0.1, -0.05) is 0 Å². The Balaban J connectivity index is 1.88. The Kier molecular flexibility index (Phi) is 4.27. The highest BCUT2D eigenvalue weighted by atomic mass is 79.9. The summed E-state index contributed by atoms with van der Waals surface area (Å²) >= 11 is 6.85. The molecule has 8 heteroatoms. The van der Waals surface area contributed by atoms with Crippen molar-refractivity contribution in [3.05, 3.63) is 20.6 Å². The van der Waals surface area contributed by atoms with Crippen molar-refractivity contribution >= 4 is 37.8 Å². The number of aromatic hydroxyl groups is 1. The van der Waals surface area contributed by atoms with E-state index in [-0.39, 0.29) is 17.6 Å². The van der Waals surface area contributed by atoms with Crippen LogP contribution in [0.25, 0.3) is 0 Å². The van der Waals surface area contributed by atoms with E-state index in [1.165, 1.54) is 0 Å². The quantitative estimate of drug-likeness (QED) is 0.671. The van der Waals surface area contributed by atoms with Gasteiger partial charge in [0.2, 0.25) is 5.72 Å². The summed E-state index contributed by atoms with van der Waals surface area (Å²) in [5, 5.41) is 13.3. The summed E-state index contributed by atoms with van der Waals surface area (Å²) in [7, 11) is 0. The number of ether oxygens (including phenoxy) is 2. The predicted octanol–water partition coefficient (Wildman–Crippen LogP) is 2.33. The maximum absolute atomic E-state index is 13.1. The van der Waals surface area contributed by atoms with Gasteiger partial charge in [0.1, 0.15) is 11.5 Å².